The lowest BCUT2D eigenvalue weighted by atomic mass is 10.5. The minimum atomic E-state index is -0.433. The Kier molecular flexibility index (Phi) is 3.70. The lowest BCUT2D eigenvalue weighted by Crippen LogP contribution is -2.13. The van der Waals surface area contributed by atoms with Gasteiger partial charge in [0.1, 0.15) is 0 Å². The van der Waals surface area contributed by atoms with Crippen molar-refractivity contribution in [2.45, 2.75) is 0 Å². The van der Waals surface area contributed by atoms with Crippen molar-refractivity contribution in [3.05, 3.63) is 22.8 Å². The van der Waals surface area contributed by atoms with Gasteiger partial charge in [0, 0.05) is 6.20 Å². The van der Waals surface area contributed by atoms with Crippen LogP contribution in [0.1, 0.15) is 0 Å². The van der Waals surface area contributed by atoms with Crippen LogP contribution in [0.4, 0.5) is 0 Å². The van der Waals surface area contributed by atoms with Crippen LogP contribution in [0, 0.1) is 0 Å². The number of carbonyl (C=O) groups is 1. The molecule has 0 aliphatic carbocycles. The summed E-state index contributed by atoms with van der Waals surface area (Å²) in [6.07, 6.45) is 1.58. The van der Waals surface area contributed by atoms with Crippen molar-refractivity contribution >= 4 is 21.9 Å². The van der Waals surface area contributed by atoms with Gasteiger partial charge in [-0.3, -0.25) is 0 Å². The summed E-state index contributed by atoms with van der Waals surface area (Å²) in [5.74, 6) is -0.0505. The van der Waals surface area contributed by atoms with E-state index >= 15 is 0 Å². The number of hydrogen-bond donors (Lipinski definition) is 0. The van der Waals surface area contributed by atoms with Gasteiger partial charge < -0.3 is 9.47 Å². The van der Waals surface area contributed by atoms with Gasteiger partial charge in [-0.05, 0) is 28.1 Å². The fourth-order valence-corrected chi connectivity index (χ4v) is 1.03. The van der Waals surface area contributed by atoms with Gasteiger partial charge >= 0.3 is 5.97 Å². The third-order valence-electron chi connectivity index (χ3n) is 1.28. The summed E-state index contributed by atoms with van der Waals surface area (Å²) in [4.78, 5) is 14.6. The smallest absolute Gasteiger partial charge is 0.343 e. The molecule has 0 saturated heterocycles. The molecule has 0 radical (unpaired) electrons. The van der Waals surface area contributed by atoms with Gasteiger partial charge in [-0.2, -0.15) is 0 Å². The van der Waals surface area contributed by atoms with Crippen LogP contribution in [0.3, 0.4) is 0 Å². The van der Waals surface area contributed by atoms with Crippen LogP contribution < -0.4 is 4.74 Å². The van der Waals surface area contributed by atoms with Crippen molar-refractivity contribution in [3.63, 3.8) is 0 Å². The zero-order chi connectivity index (χ0) is 9.68. The molecule has 0 atom stereocenters. The number of halogens is 1. The summed E-state index contributed by atoms with van der Waals surface area (Å²) < 4.78 is 10.2. The Bertz CT molecular complexity index is 303. The fraction of sp³-hybridized carbons (Fsp3) is 0.250. The molecule has 0 fully saturated rings. The van der Waals surface area contributed by atoms with E-state index in [1.54, 1.807) is 18.3 Å². The van der Waals surface area contributed by atoms with E-state index in [1.165, 1.54) is 7.11 Å². The quantitative estimate of drug-likeness (QED) is 0.756. The summed E-state index contributed by atoms with van der Waals surface area (Å²) in [5, 5.41) is 0. The number of methoxy groups -OCH3 is 1. The Labute approximate surface area is 84.0 Å². The molecule has 0 bridgehead atoms. The van der Waals surface area contributed by atoms with Crippen LogP contribution in [0.2, 0.25) is 0 Å². The maximum Gasteiger partial charge on any atom is 0.343 e. The summed E-state index contributed by atoms with van der Waals surface area (Å²) >= 11 is 3.23. The van der Waals surface area contributed by atoms with Gasteiger partial charge in [-0.15, -0.1) is 0 Å². The average molecular weight is 246 g/mol. The molecule has 70 valence electrons. The third-order valence-corrected chi connectivity index (χ3v) is 1.88. The number of aromatic nitrogens is 1. The van der Waals surface area contributed by atoms with E-state index in [2.05, 4.69) is 25.7 Å². The molecule has 0 N–H and O–H groups in total. The molecule has 4 nitrogen and oxygen atoms in total. The summed E-state index contributed by atoms with van der Waals surface area (Å²) in [7, 11) is 1.30. The van der Waals surface area contributed by atoms with Crippen molar-refractivity contribution in [3.8, 4) is 5.88 Å². The molecule has 0 aliphatic heterocycles. The third kappa shape index (κ3) is 3.02. The number of carbonyl (C=O) groups excluding carboxylic acids is 1. The van der Waals surface area contributed by atoms with Gasteiger partial charge in [-0.25, -0.2) is 9.78 Å². The van der Waals surface area contributed by atoms with E-state index < -0.39 is 5.97 Å². The molecule has 0 saturated carbocycles. The molecule has 1 aromatic heterocycles. The highest BCUT2D eigenvalue weighted by atomic mass is 79.9. The number of pyridine rings is 1. The van der Waals surface area contributed by atoms with Crippen molar-refractivity contribution in [1.29, 1.82) is 0 Å². The van der Waals surface area contributed by atoms with E-state index in [-0.39, 0.29) is 6.61 Å². The molecule has 0 aromatic carbocycles. The molecular formula is C8H8BrNO3. The topological polar surface area (TPSA) is 48.4 Å². The van der Waals surface area contributed by atoms with Crippen LogP contribution in [-0.2, 0) is 9.53 Å². The summed E-state index contributed by atoms with van der Waals surface area (Å²) in [6.45, 7) is -0.133. The highest BCUT2D eigenvalue weighted by molar-refractivity contribution is 9.10. The number of hydrogen-bond acceptors (Lipinski definition) is 4. The lowest BCUT2D eigenvalue weighted by molar-refractivity contribution is -0.143. The van der Waals surface area contributed by atoms with E-state index in [4.69, 9.17) is 4.74 Å². The maximum atomic E-state index is 10.7. The van der Waals surface area contributed by atoms with Crippen LogP contribution in [0.15, 0.2) is 22.8 Å². The number of ether oxygens (including phenoxy) is 2. The number of rotatable bonds is 3. The SMILES string of the molecule is COC(=O)COc1ncccc1Br. The Hall–Kier alpha value is -1.10. The van der Waals surface area contributed by atoms with Gasteiger partial charge in [0.2, 0.25) is 5.88 Å². The number of esters is 1. The van der Waals surface area contributed by atoms with Crippen molar-refractivity contribution in [2.75, 3.05) is 13.7 Å². The van der Waals surface area contributed by atoms with Gasteiger partial charge in [0.05, 0.1) is 11.6 Å². The molecule has 0 spiro atoms. The first-order chi connectivity index (χ1) is 6.24. The monoisotopic (exact) mass is 245 g/mol. The van der Waals surface area contributed by atoms with E-state index in [9.17, 15) is 4.79 Å². The Morgan fingerprint density at radius 1 is 1.69 bits per heavy atom. The largest absolute Gasteiger partial charge is 0.466 e. The zero-order valence-corrected chi connectivity index (χ0v) is 8.58. The molecule has 1 heterocycles. The Morgan fingerprint density at radius 3 is 3.08 bits per heavy atom. The second kappa shape index (κ2) is 4.81. The first-order valence-electron chi connectivity index (χ1n) is 3.54. The minimum absolute atomic E-state index is 0.133. The second-order valence-corrected chi connectivity index (χ2v) is 3.01. The molecule has 1 rings (SSSR count). The molecule has 0 amide bonds. The lowest BCUT2D eigenvalue weighted by Gasteiger charge is -2.04. The number of nitrogens with zero attached hydrogens (tertiary/aromatic N) is 1. The molecule has 0 unspecified atom stereocenters. The molecule has 13 heavy (non-hydrogen) atoms. The van der Waals surface area contributed by atoms with E-state index in [1.807, 2.05) is 0 Å². The second-order valence-electron chi connectivity index (χ2n) is 2.16. The standard InChI is InChI=1S/C8H8BrNO3/c1-12-7(11)5-13-8-6(9)3-2-4-10-8/h2-4H,5H2,1H3. The molecule has 1 aromatic rings. The van der Waals surface area contributed by atoms with Gasteiger partial charge in [0.25, 0.3) is 0 Å². The molecule has 0 aliphatic rings. The Balaban J connectivity index is 2.54. The van der Waals surface area contributed by atoms with Crippen LogP contribution >= 0.6 is 15.9 Å². The van der Waals surface area contributed by atoms with Crippen LogP contribution in [0.25, 0.3) is 0 Å². The summed E-state index contributed by atoms with van der Waals surface area (Å²) in [5.41, 5.74) is 0. The fourth-order valence-electron chi connectivity index (χ4n) is 0.664. The minimum Gasteiger partial charge on any atom is -0.466 e. The Morgan fingerprint density at radius 2 is 2.46 bits per heavy atom. The average Bonchev–Trinajstić information content (AvgIpc) is 2.16. The first-order valence-corrected chi connectivity index (χ1v) is 4.33. The predicted molar refractivity (Wildman–Crippen MR) is 49.4 cm³/mol. The van der Waals surface area contributed by atoms with Crippen molar-refractivity contribution < 1.29 is 14.3 Å². The normalized spacial score (nSPS) is 9.38. The first kappa shape index (κ1) is 9.98. The van der Waals surface area contributed by atoms with Crippen molar-refractivity contribution in [1.82, 2.24) is 4.98 Å². The summed E-state index contributed by atoms with van der Waals surface area (Å²) in [6, 6.07) is 3.54. The van der Waals surface area contributed by atoms with Crippen molar-refractivity contribution in [2.24, 2.45) is 0 Å². The molecule has 5 heteroatoms. The zero-order valence-electron chi connectivity index (χ0n) is 6.99. The molecular weight excluding hydrogens is 238 g/mol. The van der Waals surface area contributed by atoms with Gasteiger partial charge in [-0.1, -0.05) is 0 Å². The predicted octanol–water partition coefficient (Wildman–Crippen LogP) is 1.40. The van der Waals surface area contributed by atoms with E-state index in [0.717, 1.165) is 0 Å². The maximum absolute atomic E-state index is 10.7. The van der Waals surface area contributed by atoms with Crippen LogP contribution in [0.5, 0.6) is 5.88 Å². The highest BCUT2D eigenvalue weighted by Crippen LogP contribution is 2.20. The van der Waals surface area contributed by atoms with E-state index in [0.29, 0.717) is 10.4 Å². The van der Waals surface area contributed by atoms with Gasteiger partial charge in [0.15, 0.2) is 6.61 Å². The highest BCUT2D eigenvalue weighted by Gasteiger charge is 2.04. The van der Waals surface area contributed by atoms with Crippen LogP contribution in [-0.4, -0.2) is 24.7 Å².